The Hall–Kier alpha value is 0.970. The molecule has 0 spiro atoms. The molecule has 0 saturated carbocycles. The molecule has 10 nitrogen and oxygen atoms in total. The van der Waals surface area contributed by atoms with Crippen LogP contribution in [0.15, 0.2) is 58.3 Å². The smallest absolute Gasteiger partial charge is 0.748 e. The third-order valence-corrected chi connectivity index (χ3v) is 10.4. The van der Waals surface area contributed by atoms with Crippen molar-refractivity contribution in [3.05, 3.63) is 54.1 Å². The van der Waals surface area contributed by atoms with Gasteiger partial charge >= 0.3 is 88.7 Å². The summed E-state index contributed by atoms with van der Waals surface area (Å²) < 4.78 is 94.5. The average Bonchev–Trinajstić information content (AvgIpc) is 3.02. The maximum atomic E-state index is 10.8. The van der Waals surface area contributed by atoms with Gasteiger partial charge in [-0.15, -0.1) is 0 Å². The van der Waals surface area contributed by atoms with Gasteiger partial charge in [-0.05, 0) is 61.2 Å². The molecule has 0 radical (unpaired) electrons. The van der Waals surface area contributed by atoms with Crippen LogP contribution >= 0.6 is 0 Å². The topological polar surface area (TPSA) is 198 Å². The molecule has 0 heterocycles. The van der Waals surface area contributed by atoms with E-state index in [-0.39, 0.29) is 104 Å². The zero-order valence-corrected chi connectivity index (χ0v) is 41.1. The molecule has 2 rings (SSSR count). The zero-order valence-electron chi connectivity index (χ0n) is 32.7. The van der Waals surface area contributed by atoms with E-state index < -0.39 is 30.4 Å². The van der Waals surface area contributed by atoms with E-state index in [1.807, 2.05) is 0 Å². The Morgan fingerprint density at radius 2 is 0.731 bits per heavy atom. The van der Waals surface area contributed by atoms with Gasteiger partial charge in [0.25, 0.3) is 0 Å². The first-order valence-corrected chi connectivity index (χ1v) is 22.3. The number of unbranched alkanes of at least 4 members (excludes halogenated alkanes) is 18. The standard InChI is InChI=1S/C18H30O3S.C12H26O3S.C6H7NO3S.3Na/c1-2-3-4-5-6-7-8-9-10-11-12-17-13-15-18(16-14-17)22(19,20)21;1-2-3-4-5-6-7-8-9-10-11-12-16(13,14)15;7-5-1-3-6(4-2-5)11(8,9)10;;;/h13-16H,2-12H2,1H3,(H,19,20,21);2-12H2,1H3,(H,13,14,15);1-4H,7H2,(H,8,9,10);;;/q;;;3*+1/p-3. The zero-order chi connectivity index (χ0) is 37.0. The quantitative estimate of drug-likeness (QED) is 0.0636. The number of benzene rings is 2. The summed E-state index contributed by atoms with van der Waals surface area (Å²) in [5, 5.41) is 0. The third kappa shape index (κ3) is 37.9. The average molecular weight is 816 g/mol. The summed E-state index contributed by atoms with van der Waals surface area (Å²) in [7, 11) is -12.6. The molecule has 0 amide bonds. The summed E-state index contributed by atoms with van der Waals surface area (Å²) in [6, 6.07) is 11.4. The molecule has 0 atom stereocenters. The van der Waals surface area contributed by atoms with Crippen molar-refractivity contribution >= 4 is 36.0 Å². The number of hydrogen-bond acceptors (Lipinski definition) is 10. The van der Waals surface area contributed by atoms with Crippen LogP contribution in [0.3, 0.4) is 0 Å². The largest absolute Gasteiger partial charge is 1.00 e. The van der Waals surface area contributed by atoms with E-state index in [0.717, 1.165) is 31.2 Å². The second-order valence-corrected chi connectivity index (χ2v) is 16.8. The monoisotopic (exact) mass is 815 g/mol. The Kier molecular flexibility index (Phi) is 41.7. The normalized spacial score (nSPS) is 11.0. The van der Waals surface area contributed by atoms with E-state index in [2.05, 4.69) is 13.8 Å². The molecule has 284 valence electrons. The van der Waals surface area contributed by atoms with Gasteiger partial charge in [0, 0.05) is 11.4 Å². The van der Waals surface area contributed by atoms with Gasteiger partial charge in [-0.3, -0.25) is 0 Å². The molecule has 0 aromatic heterocycles. The molecule has 0 unspecified atom stereocenters. The number of rotatable bonds is 24. The second kappa shape index (κ2) is 36.3. The number of anilines is 1. The number of hydrogen-bond donors (Lipinski definition) is 1. The fourth-order valence-electron chi connectivity index (χ4n) is 5.04. The SMILES string of the molecule is CCCCCCCCCCCCS(=O)(=O)[O-].CCCCCCCCCCCCc1ccc(S(=O)(=O)[O-])cc1.Nc1ccc(S(=O)(=O)[O-])cc1.[Na+].[Na+].[Na+]. The van der Waals surface area contributed by atoms with E-state index in [1.54, 1.807) is 12.1 Å². The van der Waals surface area contributed by atoms with Gasteiger partial charge in [-0.25, -0.2) is 25.3 Å². The first-order chi connectivity index (χ1) is 23.1. The van der Waals surface area contributed by atoms with Crippen LogP contribution in [-0.2, 0) is 36.8 Å². The molecule has 0 aliphatic heterocycles. The van der Waals surface area contributed by atoms with Crippen LogP contribution < -0.4 is 94.4 Å². The van der Waals surface area contributed by atoms with Crippen molar-refractivity contribution in [3.8, 4) is 0 Å². The van der Waals surface area contributed by atoms with Gasteiger partial charge in [0.1, 0.15) is 20.2 Å². The van der Waals surface area contributed by atoms with Gasteiger partial charge in [-0.1, -0.05) is 142 Å². The van der Waals surface area contributed by atoms with E-state index >= 15 is 0 Å². The molecule has 0 aliphatic rings. The second-order valence-electron chi connectivity index (χ2n) is 12.5. The fraction of sp³-hybridized carbons (Fsp3) is 0.667. The molecule has 0 aliphatic carbocycles. The minimum absolute atomic E-state index is 0. The summed E-state index contributed by atoms with van der Waals surface area (Å²) >= 11 is 0. The van der Waals surface area contributed by atoms with Gasteiger partial charge in [-0.2, -0.15) is 0 Å². The molecule has 0 saturated heterocycles. The van der Waals surface area contributed by atoms with Crippen LogP contribution in [0.25, 0.3) is 0 Å². The number of nitrogen functional groups attached to an aromatic ring is 1. The van der Waals surface area contributed by atoms with Gasteiger partial charge < -0.3 is 19.4 Å². The fourth-order valence-corrected chi connectivity index (χ4v) is 6.54. The first-order valence-electron chi connectivity index (χ1n) is 17.9. The summed E-state index contributed by atoms with van der Waals surface area (Å²) in [5.74, 6) is -0.191. The predicted molar refractivity (Wildman–Crippen MR) is 195 cm³/mol. The summed E-state index contributed by atoms with van der Waals surface area (Å²) in [6.07, 6.45) is 25.5. The summed E-state index contributed by atoms with van der Waals surface area (Å²) in [4.78, 5) is -0.397. The van der Waals surface area contributed by atoms with Gasteiger partial charge in [0.05, 0.1) is 19.9 Å². The Morgan fingerprint density at radius 1 is 0.442 bits per heavy atom. The van der Waals surface area contributed by atoms with E-state index in [9.17, 15) is 38.9 Å². The molecule has 16 heteroatoms. The third-order valence-electron chi connectivity index (χ3n) is 7.95. The Morgan fingerprint density at radius 3 is 1.04 bits per heavy atom. The molecule has 2 aromatic carbocycles. The van der Waals surface area contributed by atoms with Crippen LogP contribution in [0.4, 0.5) is 5.69 Å². The minimum atomic E-state index is -4.33. The van der Waals surface area contributed by atoms with Crippen LogP contribution in [-0.4, -0.2) is 44.7 Å². The Bertz CT molecular complexity index is 1430. The van der Waals surface area contributed by atoms with E-state index in [0.29, 0.717) is 12.1 Å². The van der Waals surface area contributed by atoms with Crippen molar-refractivity contribution in [3.63, 3.8) is 0 Å². The van der Waals surface area contributed by atoms with Crippen molar-refractivity contribution in [2.75, 3.05) is 11.5 Å². The van der Waals surface area contributed by atoms with Crippen LogP contribution in [0.5, 0.6) is 0 Å². The maximum Gasteiger partial charge on any atom is 1.00 e. The van der Waals surface area contributed by atoms with E-state index in [1.165, 1.54) is 139 Å². The van der Waals surface area contributed by atoms with Crippen LogP contribution in [0, 0.1) is 0 Å². The Balaban J connectivity index is -0.000000340. The van der Waals surface area contributed by atoms with Crippen LogP contribution in [0.1, 0.15) is 148 Å². The number of nitrogens with two attached hydrogens (primary N) is 1. The Labute approximate surface area is 383 Å². The van der Waals surface area contributed by atoms with Crippen molar-refractivity contribution < 1.29 is 128 Å². The summed E-state index contributed by atoms with van der Waals surface area (Å²) in [6.45, 7) is 4.46. The molecule has 2 aromatic rings. The summed E-state index contributed by atoms with van der Waals surface area (Å²) in [5.41, 5.74) is 6.80. The molecule has 0 bridgehead atoms. The van der Waals surface area contributed by atoms with Crippen molar-refractivity contribution in [2.24, 2.45) is 0 Å². The molecule has 0 fully saturated rings. The first kappa shape index (κ1) is 59.7. The van der Waals surface area contributed by atoms with Crippen LogP contribution in [0.2, 0.25) is 0 Å². The van der Waals surface area contributed by atoms with E-state index in [4.69, 9.17) is 5.73 Å². The molecular weight excluding hydrogens is 756 g/mol. The molecule has 52 heavy (non-hydrogen) atoms. The van der Waals surface area contributed by atoms with Gasteiger partial charge in [0.15, 0.2) is 0 Å². The van der Waals surface area contributed by atoms with Crippen molar-refractivity contribution in [1.82, 2.24) is 0 Å². The molecule has 2 N–H and O–H groups in total. The predicted octanol–water partition coefficient (Wildman–Crippen LogP) is -0.308. The van der Waals surface area contributed by atoms with Crippen molar-refractivity contribution in [1.29, 1.82) is 0 Å². The minimum Gasteiger partial charge on any atom is -0.748 e. The van der Waals surface area contributed by atoms with Gasteiger partial charge in [0.2, 0.25) is 0 Å². The number of aryl methyl sites for hydroxylation is 1. The maximum absolute atomic E-state index is 10.8. The molecular formula is C36H60NNa3O9S3. The van der Waals surface area contributed by atoms with Crippen molar-refractivity contribution in [2.45, 2.75) is 158 Å².